The molecule has 0 heterocycles. The van der Waals surface area contributed by atoms with E-state index in [0.29, 0.717) is 0 Å². The predicted octanol–water partition coefficient (Wildman–Crippen LogP) is 2.93. The van der Waals surface area contributed by atoms with Crippen molar-refractivity contribution in [2.45, 2.75) is 33.7 Å². The van der Waals surface area contributed by atoms with Gasteiger partial charge in [0.05, 0.1) is 13.0 Å². The summed E-state index contributed by atoms with van der Waals surface area (Å²) in [6.07, 6.45) is 0.809. The van der Waals surface area contributed by atoms with Gasteiger partial charge in [-0.1, -0.05) is 30.7 Å². The van der Waals surface area contributed by atoms with Crippen molar-refractivity contribution in [3.8, 4) is 0 Å². The second-order valence-electron chi connectivity index (χ2n) is 5.26. The van der Waals surface area contributed by atoms with Gasteiger partial charge in [0.15, 0.2) is 0 Å². The summed E-state index contributed by atoms with van der Waals surface area (Å²) < 4.78 is 4.83. The zero-order chi connectivity index (χ0) is 14.4. The third-order valence-corrected chi connectivity index (χ3v) is 3.50. The molecule has 0 radical (unpaired) electrons. The molecular formula is C16H25NO2. The van der Waals surface area contributed by atoms with E-state index in [1.807, 2.05) is 14.0 Å². The molecule has 0 bridgehead atoms. The van der Waals surface area contributed by atoms with Crippen molar-refractivity contribution in [3.05, 3.63) is 34.9 Å². The van der Waals surface area contributed by atoms with E-state index in [9.17, 15) is 4.79 Å². The molecule has 1 unspecified atom stereocenters. The zero-order valence-electron chi connectivity index (χ0n) is 12.7. The third-order valence-electron chi connectivity index (χ3n) is 3.50. The molecule has 3 heteroatoms. The van der Waals surface area contributed by atoms with Gasteiger partial charge in [0.2, 0.25) is 0 Å². The van der Waals surface area contributed by atoms with Gasteiger partial charge in [-0.3, -0.25) is 4.79 Å². The molecule has 0 fully saturated rings. The summed E-state index contributed by atoms with van der Waals surface area (Å²) in [6, 6.07) is 6.49. The number of rotatable bonds is 6. The summed E-state index contributed by atoms with van der Waals surface area (Å²) in [5.41, 5.74) is 3.90. The first-order valence-corrected chi connectivity index (χ1v) is 6.80. The quantitative estimate of drug-likeness (QED) is 0.739. The van der Waals surface area contributed by atoms with Crippen molar-refractivity contribution in [1.82, 2.24) is 4.90 Å². The summed E-state index contributed by atoms with van der Waals surface area (Å²) in [5, 5.41) is 0. The van der Waals surface area contributed by atoms with E-state index in [1.54, 1.807) is 0 Å². The van der Waals surface area contributed by atoms with Crippen LogP contribution in [-0.4, -0.2) is 31.6 Å². The van der Waals surface area contributed by atoms with Gasteiger partial charge in [-0.25, -0.2) is 0 Å². The zero-order valence-corrected chi connectivity index (χ0v) is 12.7. The van der Waals surface area contributed by atoms with Gasteiger partial charge in [0.25, 0.3) is 0 Å². The molecule has 0 amide bonds. The minimum Gasteiger partial charge on any atom is -0.469 e. The smallest absolute Gasteiger partial charge is 0.309 e. The van der Waals surface area contributed by atoms with Crippen LogP contribution in [-0.2, 0) is 16.1 Å². The predicted molar refractivity (Wildman–Crippen MR) is 78.0 cm³/mol. The number of aryl methyl sites for hydroxylation is 2. The monoisotopic (exact) mass is 263 g/mol. The molecule has 0 saturated carbocycles. The average Bonchev–Trinajstić information content (AvgIpc) is 2.38. The van der Waals surface area contributed by atoms with E-state index in [0.717, 1.165) is 19.5 Å². The maximum absolute atomic E-state index is 11.6. The summed E-state index contributed by atoms with van der Waals surface area (Å²) >= 11 is 0. The molecule has 0 aliphatic carbocycles. The van der Waals surface area contributed by atoms with Crippen LogP contribution in [0.2, 0.25) is 0 Å². The Hall–Kier alpha value is -1.35. The Morgan fingerprint density at radius 1 is 1.37 bits per heavy atom. The van der Waals surface area contributed by atoms with Crippen LogP contribution < -0.4 is 0 Å². The maximum atomic E-state index is 11.6. The number of esters is 1. The SMILES string of the molecule is CCC(CN(C)Cc1ccc(C)cc1C)C(=O)OC. The fourth-order valence-electron chi connectivity index (χ4n) is 2.29. The number of hydrogen-bond acceptors (Lipinski definition) is 3. The molecule has 0 saturated heterocycles. The second kappa shape index (κ2) is 7.29. The molecule has 106 valence electrons. The van der Waals surface area contributed by atoms with E-state index in [-0.39, 0.29) is 11.9 Å². The number of ether oxygens (including phenoxy) is 1. The lowest BCUT2D eigenvalue weighted by atomic mass is 10.0. The fourth-order valence-corrected chi connectivity index (χ4v) is 2.29. The summed E-state index contributed by atoms with van der Waals surface area (Å²) in [6.45, 7) is 7.85. The lowest BCUT2D eigenvalue weighted by molar-refractivity contribution is -0.146. The molecule has 1 atom stereocenters. The number of carbonyl (C=O) groups is 1. The lowest BCUT2D eigenvalue weighted by Crippen LogP contribution is -2.30. The Morgan fingerprint density at radius 2 is 2.05 bits per heavy atom. The highest BCUT2D eigenvalue weighted by molar-refractivity contribution is 5.72. The molecule has 19 heavy (non-hydrogen) atoms. The Morgan fingerprint density at radius 3 is 2.58 bits per heavy atom. The Bertz CT molecular complexity index is 429. The number of hydrogen-bond donors (Lipinski definition) is 0. The lowest BCUT2D eigenvalue weighted by Gasteiger charge is -2.22. The van der Waals surface area contributed by atoms with Crippen LogP contribution in [0.4, 0.5) is 0 Å². The molecule has 0 aliphatic rings. The van der Waals surface area contributed by atoms with Crippen LogP contribution in [0.5, 0.6) is 0 Å². The first-order chi connectivity index (χ1) is 8.97. The van der Waals surface area contributed by atoms with Crippen molar-refractivity contribution in [2.75, 3.05) is 20.7 Å². The highest BCUT2D eigenvalue weighted by atomic mass is 16.5. The van der Waals surface area contributed by atoms with Crippen molar-refractivity contribution < 1.29 is 9.53 Å². The molecule has 1 rings (SSSR count). The van der Waals surface area contributed by atoms with Gasteiger partial charge >= 0.3 is 5.97 Å². The van der Waals surface area contributed by atoms with Gasteiger partial charge in [0.1, 0.15) is 0 Å². The van der Waals surface area contributed by atoms with Crippen molar-refractivity contribution in [1.29, 1.82) is 0 Å². The van der Waals surface area contributed by atoms with Crippen LogP contribution in [0.25, 0.3) is 0 Å². The molecule has 0 aromatic heterocycles. The average molecular weight is 263 g/mol. The van der Waals surface area contributed by atoms with Crippen LogP contribution >= 0.6 is 0 Å². The Balaban J connectivity index is 2.63. The van der Waals surface area contributed by atoms with Crippen molar-refractivity contribution >= 4 is 5.97 Å². The van der Waals surface area contributed by atoms with Crippen LogP contribution in [0.1, 0.15) is 30.0 Å². The highest BCUT2D eigenvalue weighted by Gasteiger charge is 2.19. The van der Waals surface area contributed by atoms with Crippen molar-refractivity contribution in [3.63, 3.8) is 0 Å². The normalized spacial score (nSPS) is 12.5. The van der Waals surface area contributed by atoms with E-state index < -0.39 is 0 Å². The van der Waals surface area contributed by atoms with Crippen LogP contribution in [0.3, 0.4) is 0 Å². The largest absolute Gasteiger partial charge is 0.469 e. The fraction of sp³-hybridized carbons (Fsp3) is 0.562. The van der Waals surface area contributed by atoms with Gasteiger partial charge in [-0.05, 0) is 38.4 Å². The van der Waals surface area contributed by atoms with Gasteiger partial charge < -0.3 is 9.64 Å². The van der Waals surface area contributed by atoms with E-state index in [1.165, 1.54) is 23.8 Å². The Labute approximate surface area is 116 Å². The molecule has 3 nitrogen and oxygen atoms in total. The number of nitrogens with zero attached hydrogens (tertiary/aromatic N) is 1. The maximum Gasteiger partial charge on any atom is 0.309 e. The number of benzene rings is 1. The van der Waals surface area contributed by atoms with Gasteiger partial charge in [-0.2, -0.15) is 0 Å². The summed E-state index contributed by atoms with van der Waals surface area (Å²) in [4.78, 5) is 13.8. The third kappa shape index (κ3) is 4.67. The molecule has 1 aromatic carbocycles. The van der Waals surface area contributed by atoms with Gasteiger partial charge in [0, 0.05) is 13.1 Å². The topological polar surface area (TPSA) is 29.5 Å². The van der Waals surface area contributed by atoms with E-state index in [2.05, 4.69) is 36.9 Å². The molecule has 0 spiro atoms. The summed E-state index contributed by atoms with van der Waals surface area (Å²) in [7, 11) is 3.50. The minimum atomic E-state index is -0.116. The molecule has 1 aromatic rings. The van der Waals surface area contributed by atoms with E-state index in [4.69, 9.17) is 4.74 Å². The van der Waals surface area contributed by atoms with Crippen molar-refractivity contribution in [2.24, 2.45) is 5.92 Å². The standard InChI is InChI=1S/C16H25NO2/c1-6-14(16(18)19-5)10-17(4)11-15-8-7-12(2)9-13(15)3/h7-9,14H,6,10-11H2,1-5H3. The highest BCUT2D eigenvalue weighted by Crippen LogP contribution is 2.14. The van der Waals surface area contributed by atoms with E-state index >= 15 is 0 Å². The van der Waals surface area contributed by atoms with Crippen LogP contribution in [0, 0.1) is 19.8 Å². The minimum absolute atomic E-state index is 0.0410. The second-order valence-corrected chi connectivity index (χ2v) is 5.26. The molecule has 0 aliphatic heterocycles. The van der Waals surface area contributed by atoms with Gasteiger partial charge in [-0.15, -0.1) is 0 Å². The first-order valence-electron chi connectivity index (χ1n) is 6.80. The molecule has 0 N–H and O–H groups in total. The summed E-state index contributed by atoms with van der Waals surface area (Å²) in [5.74, 6) is -0.157. The first kappa shape index (κ1) is 15.7. The molecular weight excluding hydrogens is 238 g/mol. The number of methoxy groups -OCH3 is 1. The number of carbonyl (C=O) groups excluding carboxylic acids is 1. The van der Waals surface area contributed by atoms with Crippen LogP contribution in [0.15, 0.2) is 18.2 Å². The Kier molecular flexibility index (Phi) is 6.03.